The van der Waals surface area contributed by atoms with E-state index in [4.69, 9.17) is 4.42 Å². The first-order valence-electron chi connectivity index (χ1n) is 6.40. The van der Waals surface area contributed by atoms with E-state index in [0.717, 1.165) is 10.3 Å². The number of nitrogens with one attached hydrogen (secondary N) is 1. The van der Waals surface area contributed by atoms with E-state index in [1.165, 1.54) is 11.6 Å². The van der Waals surface area contributed by atoms with Crippen molar-refractivity contribution in [2.45, 2.75) is 6.54 Å². The summed E-state index contributed by atoms with van der Waals surface area (Å²) in [4.78, 5) is 28.4. The van der Waals surface area contributed by atoms with Crippen molar-refractivity contribution in [3.05, 3.63) is 57.3 Å². The van der Waals surface area contributed by atoms with Crippen LogP contribution in [-0.4, -0.2) is 14.1 Å². The van der Waals surface area contributed by atoms with Crippen LogP contribution in [-0.2, 0) is 20.6 Å². The van der Waals surface area contributed by atoms with E-state index < -0.39 is 5.69 Å². The van der Waals surface area contributed by atoms with E-state index in [-0.39, 0.29) is 5.56 Å². The molecule has 21 heavy (non-hydrogen) atoms. The van der Waals surface area contributed by atoms with Crippen molar-refractivity contribution in [3.63, 3.8) is 0 Å². The van der Waals surface area contributed by atoms with E-state index >= 15 is 0 Å². The minimum absolute atomic E-state index is 0.354. The third-order valence-corrected chi connectivity index (χ3v) is 3.37. The molecule has 108 valence electrons. The zero-order chi connectivity index (χ0) is 15.0. The molecule has 3 aromatic heterocycles. The van der Waals surface area contributed by atoms with E-state index in [2.05, 4.69) is 10.3 Å². The van der Waals surface area contributed by atoms with Gasteiger partial charge in [0.2, 0.25) is 0 Å². The Morgan fingerprint density at radius 3 is 2.76 bits per heavy atom. The number of aromatic nitrogens is 3. The number of anilines is 1. The van der Waals surface area contributed by atoms with Crippen LogP contribution in [0.25, 0.3) is 11.0 Å². The summed E-state index contributed by atoms with van der Waals surface area (Å²) in [5.41, 5.74) is 0.200. The maximum absolute atomic E-state index is 12.3. The summed E-state index contributed by atoms with van der Waals surface area (Å²) in [6.45, 7) is 0.443. The van der Waals surface area contributed by atoms with Crippen LogP contribution in [0.5, 0.6) is 0 Å². The average Bonchev–Trinajstić information content (AvgIpc) is 3.01. The second-order valence-electron chi connectivity index (χ2n) is 4.70. The highest BCUT2D eigenvalue weighted by atomic mass is 16.3. The molecule has 0 fully saturated rings. The molecule has 0 aliphatic carbocycles. The predicted molar refractivity (Wildman–Crippen MR) is 78.3 cm³/mol. The smallest absolute Gasteiger partial charge is 0.332 e. The molecule has 3 heterocycles. The van der Waals surface area contributed by atoms with Crippen LogP contribution in [0.15, 0.2) is 44.7 Å². The molecular formula is C14H14N4O3. The molecule has 0 aliphatic heterocycles. The fraction of sp³-hybridized carbons (Fsp3) is 0.214. The lowest BCUT2D eigenvalue weighted by atomic mass is 10.2. The summed E-state index contributed by atoms with van der Waals surface area (Å²) in [5, 5.41) is 3.53. The summed E-state index contributed by atoms with van der Waals surface area (Å²) in [5.74, 6) is 0.751. The lowest BCUT2D eigenvalue weighted by Crippen LogP contribution is -2.37. The number of aryl methyl sites for hydroxylation is 1. The summed E-state index contributed by atoms with van der Waals surface area (Å²) in [7, 11) is 3.04. The van der Waals surface area contributed by atoms with Gasteiger partial charge in [0, 0.05) is 20.3 Å². The molecule has 0 amide bonds. The number of nitrogens with zero attached hydrogens (tertiary/aromatic N) is 3. The molecule has 0 spiro atoms. The predicted octanol–water partition coefficient (Wildman–Crippen LogP) is 0.837. The Balaban J connectivity index is 2.15. The van der Waals surface area contributed by atoms with Gasteiger partial charge in [0.25, 0.3) is 5.56 Å². The standard InChI is InChI=1S/C14H14N4O3/c1-17-12-11(13(19)18(2)14(17)20)10(5-6-15-12)16-8-9-4-3-7-21-9/h3-7H,8H2,1-2H3,(H,15,16). The van der Waals surface area contributed by atoms with E-state index in [0.29, 0.717) is 23.3 Å². The lowest BCUT2D eigenvalue weighted by molar-refractivity contribution is 0.518. The minimum Gasteiger partial charge on any atom is -0.467 e. The van der Waals surface area contributed by atoms with Crippen LogP contribution in [0.1, 0.15) is 5.76 Å². The van der Waals surface area contributed by atoms with Gasteiger partial charge in [-0.05, 0) is 18.2 Å². The van der Waals surface area contributed by atoms with Crippen molar-refractivity contribution < 1.29 is 4.42 Å². The van der Waals surface area contributed by atoms with Gasteiger partial charge in [-0.25, -0.2) is 9.78 Å². The Morgan fingerprint density at radius 2 is 2.05 bits per heavy atom. The maximum atomic E-state index is 12.3. The Hall–Kier alpha value is -2.83. The topological polar surface area (TPSA) is 82.1 Å². The van der Waals surface area contributed by atoms with Crippen LogP contribution in [0.2, 0.25) is 0 Å². The SMILES string of the molecule is Cn1c(=O)c2c(NCc3ccco3)ccnc2n(C)c1=O. The molecule has 0 bridgehead atoms. The van der Waals surface area contributed by atoms with Crippen LogP contribution in [0, 0.1) is 0 Å². The van der Waals surface area contributed by atoms with Gasteiger partial charge in [0.1, 0.15) is 11.1 Å². The molecule has 0 aromatic carbocycles. The van der Waals surface area contributed by atoms with Gasteiger partial charge in [-0.3, -0.25) is 13.9 Å². The Bertz CT molecular complexity index is 906. The van der Waals surface area contributed by atoms with E-state index in [1.807, 2.05) is 6.07 Å². The molecule has 3 rings (SSSR count). The molecule has 1 N–H and O–H groups in total. The third kappa shape index (κ3) is 2.12. The van der Waals surface area contributed by atoms with Crippen LogP contribution < -0.4 is 16.6 Å². The molecule has 7 nitrogen and oxygen atoms in total. The van der Waals surface area contributed by atoms with E-state index in [9.17, 15) is 9.59 Å². The summed E-state index contributed by atoms with van der Waals surface area (Å²) in [6.07, 6.45) is 3.15. The maximum Gasteiger partial charge on any atom is 0.332 e. The third-order valence-electron chi connectivity index (χ3n) is 3.37. The zero-order valence-electron chi connectivity index (χ0n) is 11.7. The molecule has 0 radical (unpaired) electrons. The number of pyridine rings is 1. The fourth-order valence-corrected chi connectivity index (χ4v) is 2.23. The van der Waals surface area contributed by atoms with Crippen LogP contribution >= 0.6 is 0 Å². The number of fused-ring (bicyclic) bond motifs is 1. The Kier molecular flexibility index (Phi) is 3.09. The fourth-order valence-electron chi connectivity index (χ4n) is 2.23. The van der Waals surface area contributed by atoms with Gasteiger partial charge in [-0.2, -0.15) is 0 Å². The zero-order valence-corrected chi connectivity index (χ0v) is 11.7. The van der Waals surface area contributed by atoms with Gasteiger partial charge in [0.15, 0.2) is 5.65 Å². The van der Waals surface area contributed by atoms with Gasteiger partial charge in [-0.15, -0.1) is 0 Å². The summed E-state index contributed by atoms with van der Waals surface area (Å²) in [6, 6.07) is 5.34. The van der Waals surface area contributed by atoms with Crippen molar-refractivity contribution in [2.24, 2.45) is 14.1 Å². The molecule has 0 aliphatic rings. The number of hydrogen-bond donors (Lipinski definition) is 1. The molecular weight excluding hydrogens is 272 g/mol. The quantitative estimate of drug-likeness (QED) is 0.771. The first kappa shape index (κ1) is 13.2. The molecule has 0 saturated carbocycles. The van der Waals surface area contributed by atoms with Crippen LogP contribution in [0.3, 0.4) is 0 Å². The molecule has 7 heteroatoms. The van der Waals surface area contributed by atoms with Crippen molar-refractivity contribution in [2.75, 3.05) is 5.32 Å². The number of furan rings is 1. The van der Waals surface area contributed by atoms with Crippen molar-refractivity contribution in [1.29, 1.82) is 0 Å². The second kappa shape index (κ2) is 4.93. The second-order valence-corrected chi connectivity index (χ2v) is 4.70. The minimum atomic E-state index is -0.400. The monoisotopic (exact) mass is 286 g/mol. The Morgan fingerprint density at radius 1 is 1.24 bits per heavy atom. The van der Waals surface area contributed by atoms with Crippen molar-refractivity contribution in [3.8, 4) is 0 Å². The average molecular weight is 286 g/mol. The lowest BCUT2D eigenvalue weighted by Gasteiger charge is -2.11. The normalized spacial score (nSPS) is 11.0. The summed E-state index contributed by atoms with van der Waals surface area (Å²) >= 11 is 0. The summed E-state index contributed by atoms with van der Waals surface area (Å²) < 4.78 is 7.67. The molecule has 0 saturated heterocycles. The Labute approximate surface area is 119 Å². The number of rotatable bonds is 3. The van der Waals surface area contributed by atoms with E-state index in [1.54, 1.807) is 31.6 Å². The highest BCUT2D eigenvalue weighted by Crippen LogP contribution is 2.17. The first-order valence-corrected chi connectivity index (χ1v) is 6.40. The highest BCUT2D eigenvalue weighted by Gasteiger charge is 2.13. The highest BCUT2D eigenvalue weighted by molar-refractivity contribution is 5.87. The van der Waals surface area contributed by atoms with Crippen molar-refractivity contribution in [1.82, 2.24) is 14.1 Å². The van der Waals surface area contributed by atoms with Crippen molar-refractivity contribution >= 4 is 16.7 Å². The molecule has 0 unspecified atom stereocenters. The van der Waals surface area contributed by atoms with Gasteiger partial charge in [0.05, 0.1) is 18.5 Å². The first-order chi connectivity index (χ1) is 10.1. The van der Waals surface area contributed by atoms with Gasteiger partial charge >= 0.3 is 5.69 Å². The molecule has 0 atom stereocenters. The van der Waals surface area contributed by atoms with Crippen LogP contribution in [0.4, 0.5) is 5.69 Å². The van der Waals surface area contributed by atoms with Gasteiger partial charge < -0.3 is 9.73 Å². The molecule has 3 aromatic rings. The van der Waals surface area contributed by atoms with Gasteiger partial charge in [-0.1, -0.05) is 0 Å². The largest absolute Gasteiger partial charge is 0.467 e. The number of hydrogen-bond acceptors (Lipinski definition) is 5.